The first kappa shape index (κ1) is 16.6. The molecule has 0 N–H and O–H groups in total. The van der Waals surface area contributed by atoms with E-state index in [2.05, 4.69) is 48.4 Å². The van der Waals surface area contributed by atoms with Crippen molar-refractivity contribution in [1.29, 1.82) is 0 Å². The van der Waals surface area contributed by atoms with Crippen LogP contribution >= 0.6 is 0 Å². The second kappa shape index (κ2) is 7.16. The molecule has 0 aliphatic carbocycles. The Labute approximate surface area is 154 Å². The first-order valence-electron chi connectivity index (χ1n) is 9.09. The average Bonchev–Trinajstić information content (AvgIpc) is 3.14. The summed E-state index contributed by atoms with van der Waals surface area (Å²) < 4.78 is 1.94. The first-order valence-corrected chi connectivity index (χ1v) is 9.09. The van der Waals surface area contributed by atoms with Crippen LogP contribution in [0.3, 0.4) is 0 Å². The molecule has 1 amide bonds. The number of amides is 1. The molecule has 0 saturated carbocycles. The van der Waals surface area contributed by atoms with Crippen LogP contribution in [-0.2, 0) is 4.79 Å². The molecule has 0 radical (unpaired) electrons. The van der Waals surface area contributed by atoms with Crippen molar-refractivity contribution in [3.63, 3.8) is 0 Å². The highest BCUT2D eigenvalue weighted by Crippen LogP contribution is 2.31. The van der Waals surface area contributed by atoms with Crippen molar-refractivity contribution in [1.82, 2.24) is 14.7 Å². The van der Waals surface area contributed by atoms with Gasteiger partial charge in [0.15, 0.2) is 0 Å². The number of rotatable bonds is 5. The number of hydrogen-bond donors (Lipinski definition) is 0. The topological polar surface area (TPSA) is 38.1 Å². The predicted molar refractivity (Wildman–Crippen MR) is 102 cm³/mol. The standard InChI is InChI=1S/C22H23N3O/c1-17-8-10-19(11-9-17)21(18-6-3-2-4-7-18)14-22(26)24-15-20(16-24)25-13-5-12-23-25/h2-13,20-21H,14-16H2,1H3/t21-/m0/s1. The molecule has 0 unspecified atom stereocenters. The van der Waals surface area contributed by atoms with Crippen LogP contribution in [0.25, 0.3) is 0 Å². The second-order valence-electron chi connectivity index (χ2n) is 7.02. The molecule has 1 aromatic heterocycles. The number of aromatic nitrogens is 2. The second-order valence-corrected chi connectivity index (χ2v) is 7.02. The SMILES string of the molecule is Cc1ccc([C@@H](CC(=O)N2CC(n3cccn3)C2)c2ccccc2)cc1. The molecule has 26 heavy (non-hydrogen) atoms. The normalized spacial score (nSPS) is 15.5. The molecule has 132 valence electrons. The Hall–Kier alpha value is -2.88. The summed E-state index contributed by atoms with van der Waals surface area (Å²) in [4.78, 5) is 14.8. The molecule has 0 bridgehead atoms. The number of hydrogen-bond acceptors (Lipinski definition) is 2. The number of likely N-dealkylation sites (tertiary alicyclic amines) is 1. The van der Waals surface area contributed by atoms with E-state index in [0.29, 0.717) is 12.5 Å². The van der Waals surface area contributed by atoms with Crippen LogP contribution in [0, 0.1) is 6.92 Å². The van der Waals surface area contributed by atoms with Crippen molar-refractivity contribution in [2.45, 2.75) is 25.3 Å². The number of carbonyl (C=O) groups excluding carboxylic acids is 1. The quantitative estimate of drug-likeness (QED) is 0.705. The van der Waals surface area contributed by atoms with E-state index in [1.54, 1.807) is 6.20 Å². The van der Waals surface area contributed by atoms with Gasteiger partial charge in [-0.15, -0.1) is 0 Å². The highest BCUT2D eigenvalue weighted by Gasteiger charge is 2.33. The predicted octanol–water partition coefficient (Wildman–Crippen LogP) is 3.80. The van der Waals surface area contributed by atoms with Gasteiger partial charge >= 0.3 is 0 Å². The third-order valence-electron chi connectivity index (χ3n) is 5.17. The lowest BCUT2D eigenvalue weighted by Crippen LogP contribution is -2.51. The number of aryl methyl sites for hydroxylation is 1. The van der Waals surface area contributed by atoms with E-state index < -0.39 is 0 Å². The lowest BCUT2D eigenvalue weighted by molar-refractivity contribution is -0.137. The maximum atomic E-state index is 12.9. The van der Waals surface area contributed by atoms with Gasteiger partial charge in [-0.05, 0) is 24.1 Å². The van der Waals surface area contributed by atoms with Gasteiger partial charge in [0.1, 0.15) is 0 Å². The molecule has 1 aliphatic heterocycles. The summed E-state index contributed by atoms with van der Waals surface area (Å²) in [6.07, 6.45) is 4.25. The van der Waals surface area contributed by atoms with Gasteiger partial charge in [-0.1, -0.05) is 60.2 Å². The van der Waals surface area contributed by atoms with Gasteiger partial charge < -0.3 is 4.90 Å². The molecule has 1 atom stereocenters. The summed E-state index contributed by atoms with van der Waals surface area (Å²) in [6, 6.07) is 21.1. The molecule has 3 aromatic rings. The van der Waals surface area contributed by atoms with E-state index in [1.807, 2.05) is 40.0 Å². The molecule has 2 heterocycles. The summed E-state index contributed by atoms with van der Waals surface area (Å²) in [5, 5.41) is 4.28. The number of nitrogens with zero attached hydrogens (tertiary/aromatic N) is 3. The summed E-state index contributed by atoms with van der Waals surface area (Å²) in [7, 11) is 0. The van der Waals surface area contributed by atoms with Gasteiger partial charge in [0.05, 0.1) is 6.04 Å². The molecule has 0 spiro atoms. The van der Waals surface area contributed by atoms with Crippen LogP contribution in [0.15, 0.2) is 73.1 Å². The minimum absolute atomic E-state index is 0.0908. The Morgan fingerprint density at radius 2 is 1.73 bits per heavy atom. The Morgan fingerprint density at radius 1 is 1.04 bits per heavy atom. The zero-order chi connectivity index (χ0) is 17.9. The highest BCUT2D eigenvalue weighted by atomic mass is 16.2. The van der Waals surface area contributed by atoms with Gasteiger partial charge in [0.2, 0.25) is 5.91 Å². The molecule has 1 aliphatic rings. The molecule has 2 aromatic carbocycles. The van der Waals surface area contributed by atoms with Gasteiger partial charge in [-0.25, -0.2) is 0 Å². The van der Waals surface area contributed by atoms with Crippen LogP contribution in [0.4, 0.5) is 0 Å². The Balaban J connectivity index is 1.48. The van der Waals surface area contributed by atoms with Crippen LogP contribution in [-0.4, -0.2) is 33.7 Å². The fraction of sp³-hybridized carbons (Fsp3) is 0.273. The molecular weight excluding hydrogens is 322 g/mol. The highest BCUT2D eigenvalue weighted by molar-refractivity contribution is 5.78. The van der Waals surface area contributed by atoms with E-state index in [9.17, 15) is 4.79 Å². The van der Waals surface area contributed by atoms with E-state index in [-0.39, 0.29) is 11.8 Å². The smallest absolute Gasteiger partial charge is 0.223 e. The summed E-state index contributed by atoms with van der Waals surface area (Å²) in [5.74, 6) is 0.302. The lowest BCUT2D eigenvalue weighted by Gasteiger charge is -2.40. The zero-order valence-electron chi connectivity index (χ0n) is 15.0. The summed E-state index contributed by atoms with van der Waals surface area (Å²) >= 11 is 0. The van der Waals surface area contributed by atoms with Gasteiger partial charge in [-0.3, -0.25) is 9.48 Å². The minimum Gasteiger partial charge on any atom is -0.338 e. The Kier molecular flexibility index (Phi) is 4.57. The number of benzene rings is 2. The van der Waals surface area contributed by atoms with Gasteiger partial charge in [-0.2, -0.15) is 5.10 Å². The lowest BCUT2D eigenvalue weighted by atomic mass is 9.87. The van der Waals surface area contributed by atoms with Crippen LogP contribution in [0.5, 0.6) is 0 Å². The van der Waals surface area contributed by atoms with E-state index in [4.69, 9.17) is 0 Å². The largest absolute Gasteiger partial charge is 0.338 e. The minimum atomic E-state index is 0.0908. The first-order chi connectivity index (χ1) is 12.7. The van der Waals surface area contributed by atoms with Crippen molar-refractivity contribution in [2.75, 3.05) is 13.1 Å². The third-order valence-corrected chi connectivity index (χ3v) is 5.17. The maximum absolute atomic E-state index is 12.9. The van der Waals surface area contributed by atoms with Crippen LogP contribution < -0.4 is 0 Å². The van der Waals surface area contributed by atoms with Crippen molar-refractivity contribution in [2.24, 2.45) is 0 Å². The molecule has 4 nitrogen and oxygen atoms in total. The Bertz CT molecular complexity index is 850. The molecule has 1 saturated heterocycles. The summed E-state index contributed by atoms with van der Waals surface area (Å²) in [6.45, 7) is 3.58. The van der Waals surface area contributed by atoms with Crippen LogP contribution in [0.2, 0.25) is 0 Å². The van der Waals surface area contributed by atoms with E-state index >= 15 is 0 Å². The fourth-order valence-electron chi connectivity index (χ4n) is 3.54. The van der Waals surface area contributed by atoms with Crippen molar-refractivity contribution < 1.29 is 4.79 Å². The van der Waals surface area contributed by atoms with E-state index in [0.717, 1.165) is 13.1 Å². The van der Waals surface area contributed by atoms with E-state index in [1.165, 1.54) is 16.7 Å². The van der Waals surface area contributed by atoms with Gasteiger partial charge in [0, 0.05) is 37.8 Å². The Morgan fingerprint density at radius 3 is 2.38 bits per heavy atom. The molecule has 1 fully saturated rings. The maximum Gasteiger partial charge on any atom is 0.223 e. The zero-order valence-corrected chi connectivity index (χ0v) is 15.0. The van der Waals surface area contributed by atoms with Gasteiger partial charge in [0.25, 0.3) is 0 Å². The molecule has 4 rings (SSSR count). The van der Waals surface area contributed by atoms with Crippen molar-refractivity contribution >= 4 is 5.91 Å². The molecular formula is C22H23N3O. The van der Waals surface area contributed by atoms with Crippen molar-refractivity contribution in [3.05, 3.63) is 89.7 Å². The van der Waals surface area contributed by atoms with Crippen molar-refractivity contribution in [3.8, 4) is 0 Å². The molecule has 4 heteroatoms. The fourth-order valence-corrected chi connectivity index (χ4v) is 3.54. The average molecular weight is 345 g/mol. The number of carbonyl (C=O) groups is 1. The summed E-state index contributed by atoms with van der Waals surface area (Å²) in [5.41, 5.74) is 3.62. The van der Waals surface area contributed by atoms with Crippen LogP contribution in [0.1, 0.15) is 35.1 Å². The monoisotopic (exact) mass is 345 g/mol. The third kappa shape index (κ3) is 3.40.